The van der Waals surface area contributed by atoms with Crippen molar-refractivity contribution >= 4 is 20.1 Å². The van der Waals surface area contributed by atoms with Gasteiger partial charge in [-0.25, -0.2) is 4.79 Å². The minimum Gasteiger partial charge on any atom is -0.490 e. The number of carbonyl (C=O) groups is 1. The van der Waals surface area contributed by atoms with E-state index in [1.165, 1.54) is 5.56 Å². The highest BCUT2D eigenvalue weighted by molar-refractivity contribution is 6.77. The van der Waals surface area contributed by atoms with E-state index in [9.17, 15) is 4.79 Å². The van der Waals surface area contributed by atoms with Crippen LogP contribution in [0.25, 0.3) is 0 Å². The molecule has 2 aliphatic heterocycles. The number of rotatable bonds is 18. The topological polar surface area (TPSA) is 78.9 Å². The Balaban J connectivity index is 1.34. The van der Waals surface area contributed by atoms with Gasteiger partial charge >= 0.3 is 6.09 Å². The van der Waals surface area contributed by atoms with Crippen LogP contribution >= 0.6 is 0 Å². The van der Waals surface area contributed by atoms with Crippen molar-refractivity contribution in [2.45, 2.75) is 109 Å². The van der Waals surface area contributed by atoms with Gasteiger partial charge < -0.3 is 37.9 Å². The van der Waals surface area contributed by atoms with Crippen LogP contribution in [0, 0.1) is 0 Å². The maximum absolute atomic E-state index is 14.1. The molecule has 4 aromatic rings. The maximum Gasteiger partial charge on any atom is 0.410 e. The number of aryl methyl sites for hydroxylation is 1. The summed E-state index contributed by atoms with van der Waals surface area (Å²) < 4.78 is 38.4. The quantitative estimate of drug-likeness (QED) is 0.0725. The third-order valence-electron chi connectivity index (χ3n) is 12.2. The third-order valence-corrected chi connectivity index (χ3v) is 18.3. The Bertz CT molecular complexity index is 1880. The number of benzene rings is 4. The van der Waals surface area contributed by atoms with Crippen molar-refractivity contribution in [2.24, 2.45) is 0 Å². The molecule has 1 saturated heterocycles. The molecule has 0 radical (unpaired) electrons. The zero-order valence-electron chi connectivity index (χ0n) is 36.5. The fourth-order valence-electron chi connectivity index (χ4n) is 9.23. The number of fused-ring (bicyclic) bond motifs is 1. The molecule has 2 aliphatic rings. The Hall–Kier alpha value is -4.35. The van der Waals surface area contributed by atoms with Gasteiger partial charge in [0.2, 0.25) is 8.32 Å². The van der Waals surface area contributed by atoms with Crippen LogP contribution in [0.1, 0.15) is 83.1 Å². The molecule has 3 atom stereocenters. The van der Waals surface area contributed by atoms with Gasteiger partial charge in [0.25, 0.3) is 0 Å². The molecular weight excluding hydrogens is 757 g/mol. The number of nitrogens with zero attached hydrogens (tertiary/aromatic N) is 2. The van der Waals surface area contributed by atoms with Crippen LogP contribution < -0.4 is 14.4 Å². The van der Waals surface area contributed by atoms with E-state index in [1.54, 1.807) is 7.11 Å². The van der Waals surface area contributed by atoms with Crippen molar-refractivity contribution in [1.29, 1.82) is 0 Å². The molecule has 9 nitrogen and oxygen atoms in total. The summed E-state index contributed by atoms with van der Waals surface area (Å²) in [5.41, 5.74) is 6.47. The van der Waals surface area contributed by atoms with Gasteiger partial charge in [-0.15, -0.1) is 0 Å². The standard InChI is InChI=1S/C49H66N2O7Si/c1-9-38-16-21-42(22-17-38)57-43-23-19-41(20-24-43)48-46(55-34-40-18-25-45-44(30-40)50(27-29-54-45)26-13-28-53-8)31-51(49(52)56-33-39-14-11-10-12-15-39)32-47(48)58-59(35(2)3,36(4)5)37(6)7/h10-12,14-25,30,35-37,46-48H,9,13,26-29,31-34H2,1-8H3/t46-,47+,48+/m0/s1. The Morgan fingerprint density at radius 2 is 1.42 bits per heavy atom. The summed E-state index contributed by atoms with van der Waals surface area (Å²) in [6, 6.07) is 32.8. The second kappa shape index (κ2) is 20.8. The van der Waals surface area contributed by atoms with E-state index in [0.717, 1.165) is 65.6 Å². The van der Waals surface area contributed by atoms with Gasteiger partial charge in [0.1, 0.15) is 30.5 Å². The van der Waals surface area contributed by atoms with Crippen molar-refractivity contribution < 1.29 is 32.9 Å². The highest BCUT2D eigenvalue weighted by Crippen LogP contribution is 2.46. The van der Waals surface area contributed by atoms with Gasteiger partial charge in [0.05, 0.1) is 37.6 Å². The lowest BCUT2D eigenvalue weighted by Crippen LogP contribution is -2.59. The summed E-state index contributed by atoms with van der Waals surface area (Å²) in [5, 5.41) is 0. The average Bonchev–Trinajstić information content (AvgIpc) is 3.24. The molecule has 0 bridgehead atoms. The maximum atomic E-state index is 14.1. The number of hydrogen-bond donors (Lipinski definition) is 0. The summed E-state index contributed by atoms with van der Waals surface area (Å²) in [7, 11) is -0.695. The molecule has 1 amide bonds. The van der Waals surface area contributed by atoms with Crippen LogP contribution in [0.3, 0.4) is 0 Å². The number of ether oxygens (including phenoxy) is 5. The molecule has 0 aliphatic carbocycles. The van der Waals surface area contributed by atoms with Crippen LogP contribution in [-0.2, 0) is 38.3 Å². The van der Waals surface area contributed by atoms with Gasteiger partial charge in [0, 0.05) is 32.7 Å². The number of likely N-dealkylation sites (tertiary alicyclic amines) is 1. The lowest BCUT2D eigenvalue weighted by Gasteiger charge is -2.50. The second-order valence-electron chi connectivity index (χ2n) is 16.9. The lowest BCUT2D eigenvalue weighted by atomic mass is 9.84. The average molecular weight is 823 g/mol. The normalized spacial score (nSPS) is 18.3. The Morgan fingerprint density at radius 3 is 2.07 bits per heavy atom. The molecule has 0 N–H and O–H groups in total. The zero-order valence-corrected chi connectivity index (χ0v) is 37.5. The molecule has 4 aromatic carbocycles. The van der Waals surface area contributed by atoms with E-state index in [0.29, 0.717) is 49.5 Å². The van der Waals surface area contributed by atoms with E-state index in [-0.39, 0.29) is 24.7 Å². The molecule has 1 fully saturated rings. The van der Waals surface area contributed by atoms with Crippen LogP contribution in [-0.4, -0.2) is 78.0 Å². The Kier molecular flexibility index (Phi) is 15.5. The zero-order chi connectivity index (χ0) is 41.9. The van der Waals surface area contributed by atoms with Crippen LogP contribution in [0.5, 0.6) is 17.2 Å². The first-order valence-corrected chi connectivity index (χ1v) is 23.8. The second-order valence-corrected chi connectivity index (χ2v) is 22.4. The van der Waals surface area contributed by atoms with Crippen molar-refractivity contribution in [1.82, 2.24) is 4.90 Å². The fraction of sp³-hybridized carbons (Fsp3) is 0.490. The minimum absolute atomic E-state index is 0.166. The van der Waals surface area contributed by atoms with Gasteiger partial charge in [-0.3, -0.25) is 0 Å². The van der Waals surface area contributed by atoms with Crippen LogP contribution in [0.4, 0.5) is 10.5 Å². The highest BCUT2D eigenvalue weighted by atomic mass is 28.4. The van der Waals surface area contributed by atoms with Crippen LogP contribution in [0.2, 0.25) is 16.6 Å². The predicted octanol–water partition coefficient (Wildman–Crippen LogP) is 11.2. The van der Waals surface area contributed by atoms with Crippen LogP contribution in [0.15, 0.2) is 97.1 Å². The minimum atomic E-state index is -2.44. The summed E-state index contributed by atoms with van der Waals surface area (Å²) in [5.74, 6) is 2.28. The number of amides is 1. The molecule has 2 heterocycles. The monoisotopic (exact) mass is 822 g/mol. The summed E-state index contributed by atoms with van der Waals surface area (Å²) in [6.45, 7) is 20.4. The highest BCUT2D eigenvalue weighted by Gasteiger charge is 2.51. The number of hydrogen-bond acceptors (Lipinski definition) is 8. The first-order chi connectivity index (χ1) is 28.5. The molecular formula is C49H66N2O7Si. The van der Waals surface area contributed by atoms with Crippen molar-refractivity contribution in [3.05, 3.63) is 119 Å². The Labute approximate surface area is 354 Å². The first kappa shape index (κ1) is 44.2. The molecule has 6 rings (SSSR count). The smallest absolute Gasteiger partial charge is 0.410 e. The molecule has 0 aromatic heterocycles. The molecule has 59 heavy (non-hydrogen) atoms. The number of methoxy groups -OCH3 is 1. The van der Waals surface area contributed by atoms with Gasteiger partial charge in [-0.1, -0.05) is 109 Å². The van der Waals surface area contributed by atoms with Crippen molar-refractivity contribution in [3.8, 4) is 17.2 Å². The summed E-state index contributed by atoms with van der Waals surface area (Å²) in [6.07, 6.45) is 0.818. The molecule has 318 valence electrons. The summed E-state index contributed by atoms with van der Waals surface area (Å²) >= 11 is 0. The largest absolute Gasteiger partial charge is 0.490 e. The Morgan fingerprint density at radius 1 is 0.780 bits per heavy atom. The third kappa shape index (κ3) is 10.9. The lowest BCUT2D eigenvalue weighted by molar-refractivity contribution is -0.0663. The summed E-state index contributed by atoms with van der Waals surface area (Å²) in [4.78, 5) is 18.2. The van der Waals surface area contributed by atoms with Gasteiger partial charge in [-0.05, 0) is 88.1 Å². The molecule has 0 unspecified atom stereocenters. The first-order valence-electron chi connectivity index (χ1n) is 21.6. The molecule has 0 spiro atoms. The van der Waals surface area contributed by atoms with Crippen molar-refractivity contribution in [2.75, 3.05) is 51.4 Å². The van der Waals surface area contributed by atoms with E-state index in [2.05, 4.69) is 95.8 Å². The van der Waals surface area contributed by atoms with Crippen molar-refractivity contribution in [3.63, 3.8) is 0 Å². The van der Waals surface area contributed by atoms with Gasteiger partial charge in [0.15, 0.2) is 0 Å². The fourth-order valence-corrected chi connectivity index (χ4v) is 14.8. The van der Waals surface area contributed by atoms with E-state index in [4.69, 9.17) is 28.1 Å². The number of anilines is 1. The SMILES string of the molecule is CCc1ccc(Oc2ccc([C@@H]3[C@@H](OCc4ccc5c(c4)N(CCCOC)CCO5)CN(C(=O)OCc4ccccc4)C[C@H]3O[Si](C(C)C)(C(C)C)C(C)C)cc2)cc1. The predicted molar refractivity (Wildman–Crippen MR) is 238 cm³/mol. The van der Waals surface area contributed by atoms with Gasteiger partial charge in [-0.2, -0.15) is 0 Å². The number of carbonyl (C=O) groups excluding carboxylic acids is 1. The van der Waals surface area contributed by atoms with E-state index in [1.807, 2.05) is 59.5 Å². The number of piperidine rings is 1. The molecule has 0 saturated carbocycles. The van der Waals surface area contributed by atoms with E-state index < -0.39 is 14.4 Å². The van der Waals surface area contributed by atoms with E-state index >= 15 is 0 Å². The molecule has 10 heteroatoms.